The molecule has 1 fully saturated rings. The maximum Gasteiger partial charge on any atom is 0.0732 e. The Bertz CT molecular complexity index is 739. The molecule has 0 N–H and O–H groups in total. The number of nitrogens with zero attached hydrogens (tertiary/aromatic N) is 2. The molecule has 1 aliphatic heterocycles. The molecule has 1 heterocycles. The Morgan fingerprint density at radius 2 is 1.73 bits per heavy atom. The van der Waals surface area contributed by atoms with Crippen molar-refractivity contribution in [3.8, 4) is 11.1 Å². The summed E-state index contributed by atoms with van der Waals surface area (Å²) < 4.78 is 5.69. The highest BCUT2D eigenvalue weighted by Crippen LogP contribution is 2.37. The van der Waals surface area contributed by atoms with Crippen LogP contribution in [0.2, 0.25) is 5.02 Å². The summed E-state index contributed by atoms with van der Waals surface area (Å²) in [6, 6.07) is 12.9. The van der Waals surface area contributed by atoms with E-state index < -0.39 is 0 Å². The lowest BCUT2D eigenvalue weighted by atomic mass is 9.97. The van der Waals surface area contributed by atoms with Crippen molar-refractivity contribution in [1.82, 2.24) is 4.90 Å². The van der Waals surface area contributed by atoms with Crippen LogP contribution in [0.1, 0.15) is 25.0 Å². The molecule has 0 aromatic heterocycles. The number of aryl methyl sites for hydroxylation is 1. The Kier molecular flexibility index (Phi) is 6.58. The van der Waals surface area contributed by atoms with Gasteiger partial charge in [-0.1, -0.05) is 42.8 Å². The summed E-state index contributed by atoms with van der Waals surface area (Å²) in [7, 11) is 0. The molecule has 2 aromatic rings. The van der Waals surface area contributed by atoms with Crippen LogP contribution in [0.15, 0.2) is 36.4 Å². The second-order valence-electron chi connectivity index (χ2n) is 6.84. The van der Waals surface area contributed by atoms with E-state index in [1.165, 1.54) is 16.8 Å². The highest BCUT2D eigenvalue weighted by molar-refractivity contribution is 6.34. The van der Waals surface area contributed by atoms with Crippen LogP contribution in [-0.4, -0.2) is 44.2 Å². The number of piperazine rings is 1. The normalized spacial score (nSPS) is 15.5. The van der Waals surface area contributed by atoms with Gasteiger partial charge in [0.05, 0.1) is 11.6 Å². The molecule has 0 spiro atoms. The van der Waals surface area contributed by atoms with Gasteiger partial charge in [0, 0.05) is 44.0 Å². The summed E-state index contributed by atoms with van der Waals surface area (Å²) in [5, 5.41) is 0.809. The summed E-state index contributed by atoms with van der Waals surface area (Å²) >= 11 is 6.80. The van der Waals surface area contributed by atoms with E-state index in [0.29, 0.717) is 13.2 Å². The van der Waals surface area contributed by atoms with Gasteiger partial charge in [0.15, 0.2) is 0 Å². The van der Waals surface area contributed by atoms with E-state index in [4.69, 9.17) is 16.3 Å². The molecule has 0 atom stereocenters. The molecule has 0 amide bonds. The number of hydrogen-bond donors (Lipinski definition) is 0. The highest BCUT2D eigenvalue weighted by atomic mass is 35.5. The summed E-state index contributed by atoms with van der Waals surface area (Å²) in [6.07, 6.45) is 0. The number of likely N-dealkylation sites (N-methyl/N-ethyl adjacent to an activating group) is 1. The van der Waals surface area contributed by atoms with Crippen LogP contribution < -0.4 is 4.90 Å². The summed E-state index contributed by atoms with van der Waals surface area (Å²) in [4.78, 5) is 4.97. The lowest BCUT2D eigenvalue weighted by Gasteiger charge is -2.36. The summed E-state index contributed by atoms with van der Waals surface area (Å²) in [5.41, 5.74) is 5.86. The van der Waals surface area contributed by atoms with Gasteiger partial charge in [-0.05, 0) is 49.2 Å². The van der Waals surface area contributed by atoms with E-state index in [1.54, 1.807) is 0 Å². The minimum Gasteiger partial charge on any atom is -0.377 e. The van der Waals surface area contributed by atoms with Crippen LogP contribution in [0.4, 0.5) is 5.69 Å². The maximum atomic E-state index is 6.80. The van der Waals surface area contributed by atoms with Gasteiger partial charge in [-0.3, -0.25) is 0 Å². The Morgan fingerprint density at radius 1 is 1.00 bits per heavy atom. The minimum absolute atomic E-state index is 0.553. The molecule has 0 bridgehead atoms. The van der Waals surface area contributed by atoms with Crippen LogP contribution in [0.3, 0.4) is 0 Å². The van der Waals surface area contributed by atoms with Crippen LogP contribution in [0.5, 0.6) is 0 Å². The number of ether oxygens (including phenoxy) is 1. The van der Waals surface area contributed by atoms with Gasteiger partial charge in [0.25, 0.3) is 0 Å². The summed E-state index contributed by atoms with van der Waals surface area (Å²) in [5.74, 6) is 0. The number of rotatable bonds is 6. The van der Waals surface area contributed by atoms with Crippen molar-refractivity contribution in [3.63, 3.8) is 0 Å². The molecule has 2 aromatic carbocycles. The molecule has 140 valence electrons. The second-order valence-corrected chi connectivity index (χ2v) is 7.22. The fourth-order valence-electron chi connectivity index (χ4n) is 3.56. The lowest BCUT2D eigenvalue weighted by molar-refractivity contribution is 0.134. The third kappa shape index (κ3) is 4.22. The number of benzene rings is 2. The van der Waals surface area contributed by atoms with Crippen molar-refractivity contribution in [2.75, 3.05) is 44.2 Å². The Balaban J connectivity index is 1.99. The Labute approximate surface area is 162 Å². The molecule has 0 aliphatic carbocycles. The fourth-order valence-corrected chi connectivity index (χ4v) is 3.83. The van der Waals surface area contributed by atoms with Gasteiger partial charge < -0.3 is 14.5 Å². The van der Waals surface area contributed by atoms with Crippen molar-refractivity contribution in [2.45, 2.75) is 27.4 Å². The van der Waals surface area contributed by atoms with Gasteiger partial charge >= 0.3 is 0 Å². The van der Waals surface area contributed by atoms with Crippen molar-refractivity contribution >= 4 is 17.3 Å². The van der Waals surface area contributed by atoms with Crippen LogP contribution >= 0.6 is 11.6 Å². The zero-order valence-electron chi connectivity index (χ0n) is 16.1. The quantitative estimate of drug-likeness (QED) is 0.710. The van der Waals surface area contributed by atoms with Gasteiger partial charge in [-0.2, -0.15) is 0 Å². The number of hydrogen-bond acceptors (Lipinski definition) is 3. The molecule has 1 aliphatic rings. The number of halogens is 1. The maximum absolute atomic E-state index is 6.80. The first-order valence-electron chi connectivity index (χ1n) is 9.57. The van der Waals surface area contributed by atoms with Gasteiger partial charge in [0.2, 0.25) is 0 Å². The zero-order chi connectivity index (χ0) is 18.5. The average molecular weight is 373 g/mol. The minimum atomic E-state index is 0.553. The van der Waals surface area contributed by atoms with E-state index >= 15 is 0 Å². The van der Waals surface area contributed by atoms with E-state index in [1.807, 2.05) is 6.92 Å². The molecule has 1 saturated heterocycles. The van der Waals surface area contributed by atoms with E-state index in [2.05, 4.69) is 60.0 Å². The van der Waals surface area contributed by atoms with Gasteiger partial charge in [-0.15, -0.1) is 0 Å². The molecular formula is C22H29ClN2O. The van der Waals surface area contributed by atoms with Gasteiger partial charge in [-0.25, -0.2) is 0 Å². The predicted octanol–water partition coefficient (Wildman–Crippen LogP) is 4.99. The largest absolute Gasteiger partial charge is 0.377 e. The zero-order valence-corrected chi connectivity index (χ0v) is 16.9. The van der Waals surface area contributed by atoms with E-state index in [-0.39, 0.29) is 0 Å². The molecular weight excluding hydrogens is 344 g/mol. The molecule has 0 radical (unpaired) electrons. The smallest absolute Gasteiger partial charge is 0.0732 e. The van der Waals surface area contributed by atoms with Crippen molar-refractivity contribution in [2.24, 2.45) is 0 Å². The molecule has 3 rings (SSSR count). The van der Waals surface area contributed by atoms with Crippen LogP contribution in [0.25, 0.3) is 11.1 Å². The van der Waals surface area contributed by atoms with Crippen LogP contribution in [-0.2, 0) is 11.3 Å². The van der Waals surface area contributed by atoms with E-state index in [0.717, 1.165) is 48.9 Å². The first-order chi connectivity index (χ1) is 12.6. The average Bonchev–Trinajstić information content (AvgIpc) is 2.68. The SMILES string of the molecule is CCOCc1cc(N2CCN(CC)CC2)cc(-c2ccccc2C)c1Cl. The lowest BCUT2D eigenvalue weighted by Crippen LogP contribution is -2.46. The molecule has 4 heteroatoms. The standard InChI is InChI=1S/C22H29ClN2O/c1-4-24-10-12-25(13-11-24)19-14-18(16-26-5-2)22(23)21(15-19)20-9-7-6-8-17(20)3/h6-9,14-15H,4-5,10-13,16H2,1-3H3. The topological polar surface area (TPSA) is 15.7 Å². The second kappa shape index (κ2) is 8.90. The van der Waals surface area contributed by atoms with E-state index in [9.17, 15) is 0 Å². The molecule has 3 nitrogen and oxygen atoms in total. The predicted molar refractivity (Wildman–Crippen MR) is 111 cm³/mol. The van der Waals surface area contributed by atoms with Crippen molar-refractivity contribution in [3.05, 3.63) is 52.5 Å². The third-order valence-corrected chi connectivity index (χ3v) is 5.66. The summed E-state index contributed by atoms with van der Waals surface area (Å²) in [6.45, 7) is 13.1. The van der Waals surface area contributed by atoms with Gasteiger partial charge in [0.1, 0.15) is 0 Å². The van der Waals surface area contributed by atoms with Crippen molar-refractivity contribution in [1.29, 1.82) is 0 Å². The highest BCUT2D eigenvalue weighted by Gasteiger charge is 2.19. The Morgan fingerprint density at radius 3 is 2.38 bits per heavy atom. The fraction of sp³-hybridized carbons (Fsp3) is 0.455. The molecule has 0 unspecified atom stereocenters. The number of anilines is 1. The molecule has 0 saturated carbocycles. The van der Waals surface area contributed by atoms with Crippen LogP contribution in [0, 0.1) is 6.92 Å². The third-order valence-electron chi connectivity index (χ3n) is 5.21. The monoisotopic (exact) mass is 372 g/mol. The van der Waals surface area contributed by atoms with Crippen molar-refractivity contribution < 1.29 is 4.74 Å². The first-order valence-corrected chi connectivity index (χ1v) is 9.95. The Hall–Kier alpha value is -1.55. The molecule has 26 heavy (non-hydrogen) atoms. The first kappa shape index (κ1) is 19.2.